The van der Waals surface area contributed by atoms with Crippen molar-refractivity contribution in [3.05, 3.63) is 29.8 Å². The Morgan fingerprint density at radius 3 is 2.84 bits per heavy atom. The first-order valence-electron chi connectivity index (χ1n) is 6.57. The van der Waals surface area contributed by atoms with Crippen LogP contribution in [0.5, 0.6) is 5.75 Å². The van der Waals surface area contributed by atoms with E-state index in [9.17, 15) is 9.90 Å². The fourth-order valence-electron chi connectivity index (χ4n) is 2.14. The van der Waals surface area contributed by atoms with E-state index in [0.717, 1.165) is 25.0 Å². The van der Waals surface area contributed by atoms with Gasteiger partial charge in [0, 0.05) is 6.61 Å². The normalized spacial score (nSPS) is 20.8. The molecule has 1 heterocycles. The quantitative estimate of drug-likeness (QED) is 0.741. The van der Waals surface area contributed by atoms with Crippen molar-refractivity contribution in [2.24, 2.45) is 5.73 Å². The van der Waals surface area contributed by atoms with Crippen molar-refractivity contribution < 1.29 is 14.6 Å². The van der Waals surface area contributed by atoms with Gasteiger partial charge in [-0.3, -0.25) is 4.79 Å². The highest BCUT2D eigenvalue weighted by Crippen LogP contribution is 2.11. The first kappa shape index (κ1) is 13.8. The number of phenolic OH excluding ortho intramolecular Hbond substituents is 1. The number of rotatable bonds is 4. The van der Waals surface area contributed by atoms with Crippen molar-refractivity contribution in [2.75, 3.05) is 13.2 Å². The van der Waals surface area contributed by atoms with E-state index < -0.39 is 6.04 Å². The number of amides is 1. The van der Waals surface area contributed by atoms with Gasteiger partial charge in [0.1, 0.15) is 5.75 Å². The fourth-order valence-corrected chi connectivity index (χ4v) is 2.14. The van der Waals surface area contributed by atoms with E-state index in [1.54, 1.807) is 24.3 Å². The third-order valence-electron chi connectivity index (χ3n) is 3.24. The standard InChI is InChI=1S/C14H20N2O3/c15-13(8-10-3-5-12(17)6-4-10)14(18)16-11-2-1-7-19-9-11/h3-6,11,13,17H,1-2,7-9,15H2,(H,16,18). The third kappa shape index (κ3) is 4.22. The summed E-state index contributed by atoms with van der Waals surface area (Å²) in [6.07, 6.45) is 2.37. The highest BCUT2D eigenvalue weighted by atomic mass is 16.5. The van der Waals surface area contributed by atoms with Gasteiger partial charge in [-0.25, -0.2) is 0 Å². The van der Waals surface area contributed by atoms with Crippen LogP contribution in [-0.2, 0) is 16.0 Å². The Morgan fingerprint density at radius 2 is 2.21 bits per heavy atom. The molecule has 2 unspecified atom stereocenters. The number of carbonyl (C=O) groups excluding carboxylic acids is 1. The van der Waals surface area contributed by atoms with E-state index in [4.69, 9.17) is 10.5 Å². The Balaban J connectivity index is 1.83. The highest BCUT2D eigenvalue weighted by molar-refractivity contribution is 5.82. The molecule has 0 saturated carbocycles. The smallest absolute Gasteiger partial charge is 0.237 e. The van der Waals surface area contributed by atoms with E-state index >= 15 is 0 Å². The van der Waals surface area contributed by atoms with Crippen LogP contribution in [0, 0.1) is 0 Å². The molecule has 1 aromatic rings. The molecule has 2 rings (SSSR count). The Kier molecular flexibility index (Phi) is 4.76. The monoisotopic (exact) mass is 264 g/mol. The van der Waals surface area contributed by atoms with Crippen LogP contribution in [0.1, 0.15) is 18.4 Å². The molecule has 1 fully saturated rings. The molecule has 1 aliphatic rings. The zero-order valence-electron chi connectivity index (χ0n) is 10.8. The number of phenols is 1. The summed E-state index contributed by atoms with van der Waals surface area (Å²) in [4.78, 5) is 11.9. The molecule has 5 nitrogen and oxygen atoms in total. The van der Waals surface area contributed by atoms with Gasteiger partial charge in [-0.15, -0.1) is 0 Å². The molecule has 2 atom stereocenters. The molecule has 0 spiro atoms. The first-order valence-corrected chi connectivity index (χ1v) is 6.57. The molecule has 104 valence electrons. The number of benzene rings is 1. The van der Waals surface area contributed by atoms with Gasteiger partial charge in [0.2, 0.25) is 5.91 Å². The fraction of sp³-hybridized carbons (Fsp3) is 0.500. The predicted octanol–water partition coefficient (Wildman–Crippen LogP) is 0.557. The molecule has 4 N–H and O–H groups in total. The van der Waals surface area contributed by atoms with Crippen LogP contribution in [0.15, 0.2) is 24.3 Å². The van der Waals surface area contributed by atoms with Gasteiger partial charge < -0.3 is 20.9 Å². The first-order chi connectivity index (χ1) is 9.15. The summed E-state index contributed by atoms with van der Waals surface area (Å²) in [7, 11) is 0. The Labute approximate surface area is 112 Å². The zero-order valence-corrected chi connectivity index (χ0v) is 10.8. The second kappa shape index (κ2) is 6.54. The third-order valence-corrected chi connectivity index (χ3v) is 3.24. The SMILES string of the molecule is NC(Cc1ccc(O)cc1)C(=O)NC1CCCOC1. The molecule has 19 heavy (non-hydrogen) atoms. The van der Waals surface area contributed by atoms with Gasteiger partial charge in [0.25, 0.3) is 0 Å². The number of hydrogen-bond acceptors (Lipinski definition) is 4. The molecule has 1 aromatic carbocycles. The molecule has 1 saturated heterocycles. The molecule has 0 radical (unpaired) electrons. The largest absolute Gasteiger partial charge is 0.508 e. The van der Waals surface area contributed by atoms with Crippen molar-refractivity contribution in [3.63, 3.8) is 0 Å². The van der Waals surface area contributed by atoms with E-state index in [1.165, 1.54) is 0 Å². The number of nitrogens with two attached hydrogens (primary N) is 1. The highest BCUT2D eigenvalue weighted by Gasteiger charge is 2.20. The molecule has 0 aliphatic carbocycles. The van der Waals surface area contributed by atoms with Gasteiger partial charge in [0.05, 0.1) is 18.7 Å². The topological polar surface area (TPSA) is 84.6 Å². The minimum Gasteiger partial charge on any atom is -0.508 e. The Bertz CT molecular complexity index is 413. The van der Waals surface area contributed by atoms with Crippen LogP contribution < -0.4 is 11.1 Å². The van der Waals surface area contributed by atoms with Crippen molar-refractivity contribution in [2.45, 2.75) is 31.3 Å². The summed E-state index contributed by atoms with van der Waals surface area (Å²) < 4.78 is 5.31. The van der Waals surface area contributed by atoms with E-state index in [1.807, 2.05) is 0 Å². The second-order valence-corrected chi connectivity index (χ2v) is 4.90. The second-order valence-electron chi connectivity index (χ2n) is 4.90. The van der Waals surface area contributed by atoms with Gasteiger partial charge in [-0.1, -0.05) is 12.1 Å². The van der Waals surface area contributed by atoms with Crippen molar-refractivity contribution >= 4 is 5.91 Å². The Hall–Kier alpha value is -1.59. The average Bonchev–Trinajstić information content (AvgIpc) is 2.42. The lowest BCUT2D eigenvalue weighted by atomic mass is 10.0. The number of nitrogens with one attached hydrogen (secondary N) is 1. The summed E-state index contributed by atoms with van der Waals surface area (Å²) in [6.45, 7) is 1.34. The van der Waals surface area contributed by atoms with E-state index in [2.05, 4.69) is 5.32 Å². The maximum absolute atomic E-state index is 11.9. The summed E-state index contributed by atoms with van der Waals surface area (Å²) >= 11 is 0. The van der Waals surface area contributed by atoms with Gasteiger partial charge >= 0.3 is 0 Å². The predicted molar refractivity (Wildman–Crippen MR) is 71.8 cm³/mol. The van der Waals surface area contributed by atoms with Gasteiger partial charge in [0.15, 0.2) is 0 Å². The number of hydrogen-bond donors (Lipinski definition) is 3. The van der Waals surface area contributed by atoms with Crippen LogP contribution in [0.4, 0.5) is 0 Å². The summed E-state index contributed by atoms with van der Waals surface area (Å²) in [5.74, 6) is 0.0599. The minimum absolute atomic E-state index is 0.0760. The van der Waals surface area contributed by atoms with Crippen LogP contribution in [-0.4, -0.2) is 36.3 Å². The van der Waals surface area contributed by atoms with Gasteiger partial charge in [-0.05, 0) is 37.0 Å². The van der Waals surface area contributed by atoms with Crippen molar-refractivity contribution in [3.8, 4) is 5.75 Å². The van der Waals surface area contributed by atoms with Crippen molar-refractivity contribution in [1.82, 2.24) is 5.32 Å². The number of aromatic hydroxyl groups is 1. The molecule has 1 aliphatic heterocycles. The van der Waals surface area contributed by atoms with E-state index in [-0.39, 0.29) is 17.7 Å². The minimum atomic E-state index is -0.577. The lowest BCUT2D eigenvalue weighted by Crippen LogP contribution is -2.48. The van der Waals surface area contributed by atoms with E-state index in [0.29, 0.717) is 13.0 Å². The molecule has 1 amide bonds. The molecule has 0 bridgehead atoms. The Morgan fingerprint density at radius 1 is 1.47 bits per heavy atom. The van der Waals surface area contributed by atoms with Crippen molar-refractivity contribution in [1.29, 1.82) is 0 Å². The number of carbonyl (C=O) groups is 1. The molecular weight excluding hydrogens is 244 g/mol. The average molecular weight is 264 g/mol. The molecule has 0 aromatic heterocycles. The van der Waals surface area contributed by atoms with Gasteiger partial charge in [-0.2, -0.15) is 0 Å². The summed E-state index contributed by atoms with van der Waals surface area (Å²) in [5, 5.41) is 12.1. The maximum atomic E-state index is 11.9. The number of ether oxygens (including phenoxy) is 1. The van der Waals surface area contributed by atoms with Crippen LogP contribution in [0.25, 0.3) is 0 Å². The lowest BCUT2D eigenvalue weighted by Gasteiger charge is -2.24. The van der Waals surface area contributed by atoms with Crippen LogP contribution in [0.2, 0.25) is 0 Å². The van der Waals surface area contributed by atoms with Crippen LogP contribution >= 0.6 is 0 Å². The zero-order chi connectivity index (χ0) is 13.7. The maximum Gasteiger partial charge on any atom is 0.237 e. The molecule has 5 heteroatoms. The lowest BCUT2D eigenvalue weighted by molar-refractivity contribution is -0.124. The summed E-state index contributed by atoms with van der Waals surface area (Å²) in [6, 6.07) is 6.22. The van der Waals surface area contributed by atoms with Crippen LogP contribution in [0.3, 0.4) is 0 Å². The summed E-state index contributed by atoms with van der Waals surface area (Å²) in [5.41, 5.74) is 6.82. The molecular formula is C14H20N2O3.